The van der Waals surface area contributed by atoms with E-state index in [-0.39, 0.29) is 17.5 Å². The van der Waals surface area contributed by atoms with E-state index in [9.17, 15) is 14.3 Å². The van der Waals surface area contributed by atoms with Crippen LogP contribution in [0.2, 0.25) is 0 Å². The number of carbonyl (C=O) groups excluding carboxylic acids is 1. The Kier molecular flexibility index (Phi) is 4.25. The number of nitrogens with zero attached hydrogens (tertiary/aromatic N) is 1. The lowest BCUT2D eigenvalue weighted by atomic mass is 10.1. The van der Waals surface area contributed by atoms with Gasteiger partial charge in [-0.15, -0.1) is 0 Å². The fourth-order valence-corrected chi connectivity index (χ4v) is 2.25. The van der Waals surface area contributed by atoms with Gasteiger partial charge in [0.15, 0.2) is 0 Å². The van der Waals surface area contributed by atoms with E-state index < -0.39 is 12.1 Å². The number of aliphatic hydroxyl groups is 1. The highest BCUT2D eigenvalue weighted by Crippen LogP contribution is 2.18. The monoisotopic (exact) mass is 252 g/mol. The minimum atomic E-state index is -0.677. The maximum atomic E-state index is 12.9. The SMILES string of the molecule is O=C(NC1CCCCCC1O)c1ccnc(F)c1. The molecule has 1 fully saturated rings. The van der Waals surface area contributed by atoms with Crippen molar-refractivity contribution >= 4 is 5.91 Å². The minimum absolute atomic E-state index is 0.235. The zero-order chi connectivity index (χ0) is 13.0. The molecular formula is C13H17FN2O2. The molecule has 0 saturated heterocycles. The molecule has 1 heterocycles. The molecule has 2 N–H and O–H groups in total. The van der Waals surface area contributed by atoms with E-state index in [4.69, 9.17) is 0 Å². The van der Waals surface area contributed by atoms with Gasteiger partial charge in [-0.1, -0.05) is 19.3 Å². The highest BCUT2D eigenvalue weighted by Gasteiger charge is 2.23. The molecule has 18 heavy (non-hydrogen) atoms. The van der Waals surface area contributed by atoms with Gasteiger partial charge < -0.3 is 10.4 Å². The maximum Gasteiger partial charge on any atom is 0.251 e. The second-order valence-corrected chi connectivity index (χ2v) is 4.65. The number of amides is 1. The number of pyridine rings is 1. The van der Waals surface area contributed by atoms with Crippen molar-refractivity contribution in [2.75, 3.05) is 0 Å². The Balaban J connectivity index is 2.01. The third kappa shape index (κ3) is 3.26. The van der Waals surface area contributed by atoms with Crippen LogP contribution >= 0.6 is 0 Å². The first kappa shape index (κ1) is 13.0. The second-order valence-electron chi connectivity index (χ2n) is 4.65. The Morgan fingerprint density at radius 1 is 1.39 bits per heavy atom. The Morgan fingerprint density at radius 3 is 2.94 bits per heavy atom. The van der Waals surface area contributed by atoms with Crippen LogP contribution in [0, 0.1) is 5.95 Å². The molecule has 1 aliphatic rings. The summed E-state index contributed by atoms with van der Waals surface area (Å²) in [4.78, 5) is 15.3. The van der Waals surface area contributed by atoms with Gasteiger partial charge in [-0.05, 0) is 18.9 Å². The summed E-state index contributed by atoms with van der Waals surface area (Å²) in [5.74, 6) is -1.04. The van der Waals surface area contributed by atoms with Crippen LogP contribution in [-0.2, 0) is 0 Å². The number of rotatable bonds is 2. The van der Waals surface area contributed by atoms with E-state index >= 15 is 0 Å². The molecule has 0 aliphatic heterocycles. The van der Waals surface area contributed by atoms with Crippen molar-refractivity contribution in [3.63, 3.8) is 0 Å². The molecular weight excluding hydrogens is 235 g/mol. The highest BCUT2D eigenvalue weighted by atomic mass is 19.1. The lowest BCUT2D eigenvalue weighted by Gasteiger charge is -2.21. The zero-order valence-corrected chi connectivity index (χ0v) is 10.1. The molecule has 5 heteroatoms. The van der Waals surface area contributed by atoms with Gasteiger partial charge in [0.2, 0.25) is 5.95 Å². The summed E-state index contributed by atoms with van der Waals surface area (Å²) < 4.78 is 12.9. The average Bonchev–Trinajstić information content (AvgIpc) is 2.55. The van der Waals surface area contributed by atoms with Crippen LogP contribution in [-0.4, -0.2) is 28.1 Å². The summed E-state index contributed by atoms with van der Waals surface area (Å²) in [6.07, 6.45) is 5.27. The number of carbonyl (C=O) groups is 1. The third-order valence-electron chi connectivity index (χ3n) is 3.28. The zero-order valence-electron chi connectivity index (χ0n) is 10.1. The Labute approximate surface area is 105 Å². The second kappa shape index (κ2) is 5.91. The van der Waals surface area contributed by atoms with Crippen LogP contribution in [0.5, 0.6) is 0 Å². The van der Waals surface area contributed by atoms with Crippen molar-refractivity contribution in [2.45, 2.75) is 44.2 Å². The van der Waals surface area contributed by atoms with Crippen LogP contribution in [0.3, 0.4) is 0 Å². The van der Waals surface area contributed by atoms with Gasteiger partial charge in [-0.25, -0.2) is 4.98 Å². The van der Waals surface area contributed by atoms with Crippen molar-refractivity contribution in [3.05, 3.63) is 29.8 Å². The number of hydrogen-bond acceptors (Lipinski definition) is 3. The number of hydrogen-bond donors (Lipinski definition) is 2. The van der Waals surface area contributed by atoms with Gasteiger partial charge in [0.05, 0.1) is 12.1 Å². The van der Waals surface area contributed by atoms with Gasteiger partial charge in [-0.2, -0.15) is 4.39 Å². The first-order valence-electron chi connectivity index (χ1n) is 6.27. The predicted octanol–water partition coefficient (Wildman–Crippen LogP) is 1.64. The van der Waals surface area contributed by atoms with Crippen molar-refractivity contribution in [1.29, 1.82) is 0 Å². The summed E-state index contributed by atoms with van der Waals surface area (Å²) >= 11 is 0. The summed E-state index contributed by atoms with van der Waals surface area (Å²) in [6, 6.07) is 2.32. The lowest BCUT2D eigenvalue weighted by molar-refractivity contribution is 0.0818. The molecule has 1 amide bonds. The van der Waals surface area contributed by atoms with Crippen molar-refractivity contribution in [1.82, 2.24) is 10.3 Å². The number of aromatic nitrogens is 1. The third-order valence-corrected chi connectivity index (χ3v) is 3.28. The number of aliphatic hydroxyl groups excluding tert-OH is 1. The van der Waals surface area contributed by atoms with Gasteiger partial charge in [0.25, 0.3) is 5.91 Å². The van der Waals surface area contributed by atoms with E-state index in [1.54, 1.807) is 0 Å². The Bertz CT molecular complexity index is 425. The topological polar surface area (TPSA) is 62.2 Å². The molecule has 0 radical (unpaired) electrons. The lowest BCUT2D eigenvalue weighted by Crippen LogP contribution is -2.42. The van der Waals surface area contributed by atoms with Gasteiger partial charge in [0.1, 0.15) is 0 Å². The van der Waals surface area contributed by atoms with Crippen LogP contribution in [0.25, 0.3) is 0 Å². The van der Waals surface area contributed by atoms with E-state index in [1.807, 2.05) is 0 Å². The van der Waals surface area contributed by atoms with Crippen molar-refractivity contribution in [3.8, 4) is 0 Å². The molecule has 0 spiro atoms. The summed E-state index contributed by atoms with van der Waals surface area (Å²) in [5, 5.41) is 12.7. The number of halogens is 1. The highest BCUT2D eigenvalue weighted by molar-refractivity contribution is 5.94. The summed E-state index contributed by atoms with van der Waals surface area (Å²) in [5.41, 5.74) is 0.235. The van der Waals surface area contributed by atoms with E-state index in [2.05, 4.69) is 10.3 Å². The van der Waals surface area contributed by atoms with E-state index in [0.717, 1.165) is 31.7 Å². The van der Waals surface area contributed by atoms with E-state index in [0.29, 0.717) is 6.42 Å². The standard InChI is InChI=1S/C13H17FN2O2/c14-12-8-9(6-7-15-12)13(18)16-10-4-2-1-3-5-11(10)17/h6-8,10-11,17H,1-5H2,(H,16,18). The van der Waals surface area contributed by atoms with Crippen molar-refractivity contribution in [2.24, 2.45) is 0 Å². The van der Waals surface area contributed by atoms with Gasteiger partial charge in [0, 0.05) is 17.8 Å². The molecule has 1 saturated carbocycles. The molecule has 1 aromatic heterocycles. The van der Waals surface area contributed by atoms with Crippen molar-refractivity contribution < 1.29 is 14.3 Å². The summed E-state index contributed by atoms with van der Waals surface area (Å²) in [6.45, 7) is 0. The quantitative estimate of drug-likeness (QED) is 0.621. The number of nitrogens with one attached hydrogen (secondary N) is 1. The van der Waals surface area contributed by atoms with E-state index in [1.165, 1.54) is 12.3 Å². The molecule has 1 aliphatic carbocycles. The normalized spacial score (nSPS) is 24.3. The van der Waals surface area contributed by atoms with Crippen LogP contribution in [0.4, 0.5) is 4.39 Å². The smallest absolute Gasteiger partial charge is 0.251 e. The molecule has 2 rings (SSSR count). The fourth-order valence-electron chi connectivity index (χ4n) is 2.25. The largest absolute Gasteiger partial charge is 0.391 e. The molecule has 1 aromatic rings. The predicted molar refractivity (Wildman–Crippen MR) is 64.5 cm³/mol. The Morgan fingerprint density at radius 2 is 2.17 bits per heavy atom. The molecule has 2 atom stereocenters. The van der Waals surface area contributed by atoms with Crippen LogP contribution < -0.4 is 5.32 Å². The minimum Gasteiger partial charge on any atom is -0.391 e. The first-order chi connectivity index (χ1) is 8.66. The van der Waals surface area contributed by atoms with Gasteiger partial charge >= 0.3 is 0 Å². The molecule has 0 bridgehead atoms. The average molecular weight is 252 g/mol. The van der Waals surface area contributed by atoms with Crippen LogP contribution in [0.15, 0.2) is 18.3 Å². The maximum absolute atomic E-state index is 12.9. The molecule has 4 nitrogen and oxygen atoms in total. The molecule has 98 valence electrons. The molecule has 2 unspecified atom stereocenters. The molecule has 0 aromatic carbocycles. The summed E-state index contributed by atoms with van der Waals surface area (Å²) in [7, 11) is 0. The fraction of sp³-hybridized carbons (Fsp3) is 0.538. The van der Waals surface area contributed by atoms with Crippen LogP contribution in [0.1, 0.15) is 42.5 Å². The Hall–Kier alpha value is -1.49. The first-order valence-corrected chi connectivity index (χ1v) is 6.27. The van der Waals surface area contributed by atoms with Gasteiger partial charge in [-0.3, -0.25) is 4.79 Å².